The Morgan fingerprint density at radius 2 is 2.00 bits per heavy atom. The second-order valence-electron chi connectivity index (χ2n) is 4.76. The van der Waals surface area contributed by atoms with Gasteiger partial charge in [-0.1, -0.05) is 23.7 Å². The highest BCUT2D eigenvalue weighted by atomic mass is 35.5. The van der Waals surface area contributed by atoms with E-state index in [0.29, 0.717) is 17.9 Å². The van der Waals surface area contributed by atoms with Crippen molar-refractivity contribution in [1.29, 1.82) is 0 Å². The normalized spacial score (nSPS) is 11.9. The van der Waals surface area contributed by atoms with Gasteiger partial charge < -0.3 is 9.84 Å². The lowest BCUT2D eigenvalue weighted by molar-refractivity contribution is -0.141. The van der Waals surface area contributed by atoms with Crippen LogP contribution in [-0.4, -0.2) is 23.2 Å². The number of halogens is 1. The maximum Gasteiger partial charge on any atom is 0.307 e. The van der Waals surface area contributed by atoms with Crippen molar-refractivity contribution >= 4 is 17.6 Å². The van der Waals surface area contributed by atoms with E-state index in [0.717, 1.165) is 16.9 Å². The first kappa shape index (κ1) is 15.3. The number of carbonyl (C=O) groups is 1. The summed E-state index contributed by atoms with van der Waals surface area (Å²) < 4.78 is 5.09. The lowest BCUT2D eigenvalue weighted by Crippen LogP contribution is -2.19. The minimum atomic E-state index is -0.835. The number of aromatic nitrogens is 1. The molecule has 5 heteroatoms. The van der Waals surface area contributed by atoms with Crippen LogP contribution in [0.15, 0.2) is 42.7 Å². The van der Waals surface area contributed by atoms with Crippen LogP contribution in [0.2, 0.25) is 5.02 Å². The number of benzene rings is 1. The molecule has 110 valence electrons. The third-order valence-electron chi connectivity index (χ3n) is 3.31. The molecule has 0 aliphatic carbocycles. The fourth-order valence-electron chi connectivity index (χ4n) is 2.13. The summed E-state index contributed by atoms with van der Waals surface area (Å²) in [6.07, 6.45) is 3.97. The molecule has 1 unspecified atom stereocenters. The Morgan fingerprint density at radius 1 is 1.29 bits per heavy atom. The van der Waals surface area contributed by atoms with Crippen LogP contribution in [0, 0.1) is 5.92 Å². The van der Waals surface area contributed by atoms with Crippen LogP contribution in [0.4, 0.5) is 0 Å². The molecule has 1 atom stereocenters. The molecule has 1 aromatic heterocycles. The Bertz CT molecular complexity index is 613. The van der Waals surface area contributed by atoms with Crippen LogP contribution >= 0.6 is 11.6 Å². The highest BCUT2D eigenvalue weighted by Gasteiger charge is 2.20. The van der Waals surface area contributed by atoms with E-state index < -0.39 is 11.9 Å². The Balaban J connectivity index is 2.12. The number of hydrogen-bond donors (Lipinski definition) is 1. The van der Waals surface area contributed by atoms with E-state index in [1.807, 2.05) is 24.3 Å². The van der Waals surface area contributed by atoms with Crippen LogP contribution in [0.3, 0.4) is 0 Å². The summed E-state index contributed by atoms with van der Waals surface area (Å²) in [6, 6.07) is 9.17. The largest absolute Gasteiger partial charge is 0.497 e. The van der Waals surface area contributed by atoms with Crippen LogP contribution in [0.5, 0.6) is 5.75 Å². The van der Waals surface area contributed by atoms with Gasteiger partial charge in [-0.3, -0.25) is 9.78 Å². The van der Waals surface area contributed by atoms with Gasteiger partial charge >= 0.3 is 5.97 Å². The Hall–Kier alpha value is -2.07. The maximum absolute atomic E-state index is 11.5. The summed E-state index contributed by atoms with van der Waals surface area (Å²) in [5.74, 6) is -0.611. The van der Waals surface area contributed by atoms with E-state index in [9.17, 15) is 9.90 Å². The topological polar surface area (TPSA) is 59.4 Å². The highest BCUT2D eigenvalue weighted by Crippen LogP contribution is 2.21. The molecule has 2 rings (SSSR count). The summed E-state index contributed by atoms with van der Waals surface area (Å²) >= 11 is 6.04. The molecule has 0 fully saturated rings. The number of pyridine rings is 1. The fourth-order valence-corrected chi connectivity index (χ4v) is 2.32. The van der Waals surface area contributed by atoms with Crippen molar-refractivity contribution in [3.05, 3.63) is 58.9 Å². The Labute approximate surface area is 128 Å². The Kier molecular flexibility index (Phi) is 5.17. The number of carboxylic acids is 1. The van der Waals surface area contributed by atoms with Crippen LogP contribution < -0.4 is 4.74 Å². The predicted octanol–water partition coefficient (Wildman–Crippen LogP) is 3.23. The van der Waals surface area contributed by atoms with Crippen molar-refractivity contribution in [3.8, 4) is 5.75 Å². The first-order valence-corrected chi connectivity index (χ1v) is 6.92. The standard InChI is InChI=1S/C16H16ClNO3/c1-21-14-4-2-11(3-5-14)8-13(16(19)20)9-12-6-7-18-10-15(12)17/h2-7,10,13H,8-9H2,1H3,(H,19,20). The van der Waals surface area contributed by atoms with E-state index in [1.54, 1.807) is 19.4 Å². The molecular formula is C16H16ClNO3. The van der Waals surface area contributed by atoms with E-state index >= 15 is 0 Å². The molecule has 1 aromatic carbocycles. The van der Waals surface area contributed by atoms with Gasteiger partial charge in [-0.05, 0) is 42.2 Å². The minimum Gasteiger partial charge on any atom is -0.497 e. The molecule has 0 aliphatic rings. The van der Waals surface area contributed by atoms with Gasteiger partial charge in [0.05, 0.1) is 18.1 Å². The van der Waals surface area contributed by atoms with Crippen molar-refractivity contribution in [3.63, 3.8) is 0 Å². The van der Waals surface area contributed by atoms with Gasteiger partial charge in [0.1, 0.15) is 5.75 Å². The number of ether oxygens (including phenoxy) is 1. The predicted molar refractivity (Wildman–Crippen MR) is 80.8 cm³/mol. The van der Waals surface area contributed by atoms with Crippen molar-refractivity contribution < 1.29 is 14.6 Å². The molecule has 0 saturated heterocycles. The SMILES string of the molecule is COc1ccc(CC(Cc2ccncc2Cl)C(=O)O)cc1. The van der Waals surface area contributed by atoms with Crippen molar-refractivity contribution in [1.82, 2.24) is 4.98 Å². The maximum atomic E-state index is 11.5. The van der Waals surface area contributed by atoms with Gasteiger partial charge in [-0.15, -0.1) is 0 Å². The van der Waals surface area contributed by atoms with Crippen LogP contribution in [0.1, 0.15) is 11.1 Å². The second-order valence-corrected chi connectivity index (χ2v) is 5.17. The van der Waals surface area contributed by atoms with Gasteiger partial charge in [-0.25, -0.2) is 0 Å². The zero-order valence-electron chi connectivity index (χ0n) is 11.6. The minimum absolute atomic E-state index is 0.378. The average Bonchev–Trinajstić information content (AvgIpc) is 2.49. The molecule has 4 nitrogen and oxygen atoms in total. The molecule has 0 saturated carbocycles. The number of rotatable bonds is 6. The zero-order valence-corrected chi connectivity index (χ0v) is 12.4. The van der Waals surface area contributed by atoms with E-state index in [4.69, 9.17) is 16.3 Å². The third-order valence-corrected chi connectivity index (χ3v) is 3.65. The third kappa shape index (κ3) is 4.20. The molecule has 0 amide bonds. The first-order chi connectivity index (χ1) is 10.1. The average molecular weight is 306 g/mol. The van der Waals surface area contributed by atoms with Gasteiger partial charge in [0.2, 0.25) is 0 Å². The molecule has 1 heterocycles. The lowest BCUT2D eigenvalue weighted by Gasteiger charge is -2.13. The van der Waals surface area contributed by atoms with Gasteiger partial charge in [0, 0.05) is 12.4 Å². The summed E-state index contributed by atoms with van der Waals surface area (Å²) in [5, 5.41) is 9.90. The fraction of sp³-hybridized carbons (Fsp3) is 0.250. The number of methoxy groups -OCH3 is 1. The molecule has 0 aliphatic heterocycles. The molecular weight excluding hydrogens is 290 g/mol. The smallest absolute Gasteiger partial charge is 0.307 e. The molecule has 0 spiro atoms. The zero-order chi connectivity index (χ0) is 15.2. The number of carboxylic acid groups (broad SMARTS) is 1. The molecule has 0 radical (unpaired) electrons. The summed E-state index contributed by atoms with van der Waals surface area (Å²) in [7, 11) is 1.60. The Morgan fingerprint density at radius 3 is 2.57 bits per heavy atom. The number of hydrogen-bond acceptors (Lipinski definition) is 3. The van der Waals surface area contributed by atoms with Gasteiger partial charge in [0.15, 0.2) is 0 Å². The van der Waals surface area contributed by atoms with Gasteiger partial charge in [-0.2, -0.15) is 0 Å². The molecule has 1 N–H and O–H groups in total. The highest BCUT2D eigenvalue weighted by molar-refractivity contribution is 6.31. The lowest BCUT2D eigenvalue weighted by atomic mass is 9.93. The van der Waals surface area contributed by atoms with Crippen molar-refractivity contribution in [2.75, 3.05) is 7.11 Å². The molecule has 2 aromatic rings. The summed E-state index contributed by atoms with van der Waals surface area (Å²) in [6.45, 7) is 0. The van der Waals surface area contributed by atoms with E-state index in [-0.39, 0.29) is 0 Å². The van der Waals surface area contributed by atoms with Crippen molar-refractivity contribution in [2.45, 2.75) is 12.8 Å². The first-order valence-electron chi connectivity index (χ1n) is 6.54. The van der Waals surface area contributed by atoms with Crippen molar-refractivity contribution in [2.24, 2.45) is 5.92 Å². The molecule has 0 bridgehead atoms. The quantitative estimate of drug-likeness (QED) is 0.890. The number of nitrogens with zero attached hydrogens (tertiary/aromatic N) is 1. The molecule has 21 heavy (non-hydrogen) atoms. The van der Waals surface area contributed by atoms with Crippen LogP contribution in [0.25, 0.3) is 0 Å². The van der Waals surface area contributed by atoms with Crippen LogP contribution in [-0.2, 0) is 17.6 Å². The summed E-state index contributed by atoms with van der Waals surface area (Å²) in [4.78, 5) is 15.4. The monoisotopic (exact) mass is 305 g/mol. The van der Waals surface area contributed by atoms with Gasteiger partial charge in [0.25, 0.3) is 0 Å². The second kappa shape index (κ2) is 7.09. The van der Waals surface area contributed by atoms with E-state index in [2.05, 4.69) is 4.98 Å². The van der Waals surface area contributed by atoms with E-state index in [1.165, 1.54) is 6.20 Å². The number of aliphatic carboxylic acids is 1. The summed E-state index contributed by atoms with van der Waals surface area (Å²) in [5.41, 5.74) is 1.75.